The van der Waals surface area contributed by atoms with Crippen molar-refractivity contribution >= 4 is 11.8 Å². The summed E-state index contributed by atoms with van der Waals surface area (Å²) in [6.07, 6.45) is 3.85. The molecule has 1 N–H and O–H groups in total. The standard InChI is InChI=1S/C16H28N2O2/c1-6-12-14(19)17-13(10(2)3)15(20)18(12)11-7-8-16(4,5)9-11/h10-13H,6-9H2,1-5H3,(H,17,19). The first-order valence-electron chi connectivity index (χ1n) is 7.89. The Balaban J connectivity index is 2.25. The number of nitrogens with one attached hydrogen (secondary N) is 1. The summed E-state index contributed by atoms with van der Waals surface area (Å²) < 4.78 is 0. The molecule has 0 spiro atoms. The van der Waals surface area contributed by atoms with Crippen LogP contribution in [-0.4, -0.2) is 34.8 Å². The van der Waals surface area contributed by atoms with Gasteiger partial charge in [-0.25, -0.2) is 0 Å². The van der Waals surface area contributed by atoms with Crippen molar-refractivity contribution in [2.24, 2.45) is 11.3 Å². The van der Waals surface area contributed by atoms with E-state index in [0.29, 0.717) is 6.42 Å². The summed E-state index contributed by atoms with van der Waals surface area (Å²) >= 11 is 0. The third kappa shape index (κ3) is 2.70. The lowest BCUT2D eigenvalue weighted by Crippen LogP contribution is -2.66. The van der Waals surface area contributed by atoms with Crippen molar-refractivity contribution in [2.45, 2.75) is 78.4 Å². The first-order chi connectivity index (χ1) is 9.26. The molecule has 2 aliphatic rings. The minimum absolute atomic E-state index is 0.0236. The molecule has 0 aromatic heterocycles. The molecule has 0 aromatic rings. The van der Waals surface area contributed by atoms with Crippen LogP contribution in [0.2, 0.25) is 0 Å². The van der Waals surface area contributed by atoms with E-state index in [2.05, 4.69) is 19.2 Å². The fraction of sp³-hybridized carbons (Fsp3) is 0.875. The van der Waals surface area contributed by atoms with Gasteiger partial charge in [0.2, 0.25) is 11.8 Å². The van der Waals surface area contributed by atoms with Gasteiger partial charge in [-0.05, 0) is 37.0 Å². The van der Waals surface area contributed by atoms with E-state index >= 15 is 0 Å². The van der Waals surface area contributed by atoms with Crippen LogP contribution in [0.5, 0.6) is 0 Å². The van der Waals surface area contributed by atoms with Crippen LogP contribution in [0, 0.1) is 11.3 Å². The van der Waals surface area contributed by atoms with E-state index in [4.69, 9.17) is 0 Å². The zero-order valence-corrected chi connectivity index (χ0v) is 13.4. The SMILES string of the molecule is CCC1C(=O)NC(C(C)C)C(=O)N1C1CCC(C)(C)C1. The maximum atomic E-state index is 12.8. The molecule has 3 unspecified atom stereocenters. The summed E-state index contributed by atoms with van der Waals surface area (Å²) in [4.78, 5) is 27.0. The predicted octanol–water partition coefficient (Wildman–Crippen LogP) is 2.33. The summed E-state index contributed by atoms with van der Waals surface area (Å²) in [7, 11) is 0. The Bertz CT molecular complexity index is 403. The fourth-order valence-electron chi connectivity index (χ4n) is 3.66. The molecule has 2 rings (SSSR count). The summed E-state index contributed by atoms with van der Waals surface area (Å²) in [5.74, 6) is 0.283. The van der Waals surface area contributed by atoms with Gasteiger partial charge >= 0.3 is 0 Å². The lowest BCUT2D eigenvalue weighted by Gasteiger charge is -2.43. The molecule has 2 amide bonds. The quantitative estimate of drug-likeness (QED) is 0.862. The van der Waals surface area contributed by atoms with Crippen LogP contribution in [0.25, 0.3) is 0 Å². The molecule has 114 valence electrons. The molecule has 4 heteroatoms. The Labute approximate surface area is 122 Å². The highest BCUT2D eigenvalue weighted by Crippen LogP contribution is 2.41. The van der Waals surface area contributed by atoms with Crippen molar-refractivity contribution < 1.29 is 9.59 Å². The smallest absolute Gasteiger partial charge is 0.246 e. The summed E-state index contributed by atoms with van der Waals surface area (Å²) in [5, 5.41) is 2.91. The van der Waals surface area contributed by atoms with Gasteiger partial charge in [0.1, 0.15) is 12.1 Å². The average molecular weight is 280 g/mol. The van der Waals surface area contributed by atoms with Crippen LogP contribution in [-0.2, 0) is 9.59 Å². The second kappa shape index (κ2) is 5.38. The maximum Gasteiger partial charge on any atom is 0.246 e. The monoisotopic (exact) mass is 280 g/mol. The van der Waals surface area contributed by atoms with Gasteiger partial charge in [-0.2, -0.15) is 0 Å². The molecule has 1 saturated heterocycles. The second-order valence-corrected chi connectivity index (χ2v) is 7.46. The largest absolute Gasteiger partial charge is 0.342 e. The molecule has 1 saturated carbocycles. The van der Waals surface area contributed by atoms with Crippen LogP contribution >= 0.6 is 0 Å². The molecule has 1 aliphatic heterocycles. The van der Waals surface area contributed by atoms with Crippen molar-refractivity contribution in [1.82, 2.24) is 10.2 Å². The van der Waals surface area contributed by atoms with Crippen LogP contribution in [0.1, 0.15) is 60.3 Å². The third-order valence-corrected chi connectivity index (χ3v) is 4.85. The fourth-order valence-corrected chi connectivity index (χ4v) is 3.66. The number of amides is 2. The highest BCUT2D eigenvalue weighted by molar-refractivity contribution is 5.97. The first kappa shape index (κ1) is 15.3. The lowest BCUT2D eigenvalue weighted by molar-refractivity contribution is -0.153. The number of nitrogens with zero attached hydrogens (tertiary/aromatic N) is 1. The van der Waals surface area contributed by atoms with Crippen LogP contribution in [0.3, 0.4) is 0 Å². The van der Waals surface area contributed by atoms with Crippen molar-refractivity contribution in [3.8, 4) is 0 Å². The molecule has 1 heterocycles. The second-order valence-electron chi connectivity index (χ2n) is 7.46. The minimum atomic E-state index is -0.353. The van der Waals surface area contributed by atoms with E-state index < -0.39 is 0 Å². The average Bonchev–Trinajstić information content (AvgIpc) is 2.70. The highest BCUT2D eigenvalue weighted by atomic mass is 16.2. The summed E-state index contributed by atoms with van der Waals surface area (Å²) in [6, 6.07) is -0.403. The van der Waals surface area contributed by atoms with Gasteiger partial charge in [-0.15, -0.1) is 0 Å². The van der Waals surface area contributed by atoms with Gasteiger partial charge in [0.15, 0.2) is 0 Å². The van der Waals surface area contributed by atoms with Crippen LogP contribution < -0.4 is 5.32 Å². The Morgan fingerprint density at radius 2 is 2.00 bits per heavy atom. The number of hydrogen-bond acceptors (Lipinski definition) is 2. The highest BCUT2D eigenvalue weighted by Gasteiger charge is 2.46. The predicted molar refractivity (Wildman–Crippen MR) is 79.1 cm³/mol. The van der Waals surface area contributed by atoms with E-state index in [1.807, 2.05) is 25.7 Å². The molecule has 2 fully saturated rings. The van der Waals surface area contributed by atoms with E-state index in [-0.39, 0.29) is 41.3 Å². The molecular formula is C16H28N2O2. The molecule has 0 radical (unpaired) electrons. The molecule has 4 nitrogen and oxygen atoms in total. The van der Waals surface area contributed by atoms with Gasteiger partial charge < -0.3 is 10.2 Å². The molecular weight excluding hydrogens is 252 g/mol. The molecule has 20 heavy (non-hydrogen) atoms. The topological polar surface area (TPSA) is 49.4 Å². The maximum absolute atomic E-state index is 12.8. The van der Waals surface area contributed by atoms with Crippen molar-refractivity contribution in [3.05, 3.63) is 0 Å². The van der Waals surface area contributed by atoms with Crippen molar-refractivity contribution in [3.63, 3.8) is 0 Å². The van der Waals surface area contributed by atoms with Crippen LogP contribution in [0.15, 0.2) is 0 Å². The van der Waals surface area contributed by atoms with Crippen LogP contribution in [0.4, 0.5) is 0 Å². The van der Waals surface area contributed by atoms with Gasteiger partial charge in [0.25, 0.3) is 0 Å². The molecule has 3 atom stereocenters. The number of carbonyl (C=O) groups is 2. The normalized spacial score (nSPS) is 33.7. The zero-order valence-electron chi connectivity index (χ0n) is 13.4. The first-order valence-corrected chi connectivity index (χ1v) is 7.89. The number of hydrogen-bond donors (Lipinski definition) is 1. The Morgan fingerprint density at radius 3 is 2.45 bits per heavy atom. The van der Waals surface area contributed by atoms with Gasteiger partial charge in [-0.3, -0.25) is 9.59 Å². The van der Waals surface area contributed by atoms with E-state index in [1.54, 1.807) is 0 Å². The van der Waals surface area contributed by atoms with E-state index in [1.165, 1.54) is 0 Å². The van der Waals surface area contributed by atoms with Gasteiger partial charge in [-0.1, -0.05) is 34.6 Å². The summed E-state index contributed by atoms with van der Waals surface area (Å²) in [5.41, 5.74) is 0.282. The van der Waals surface area contributed by atoms with E-state index in [9.17, 15) is 9.59 Å². The molecule has 1 aliphatic carbocycles. The third-order valence-electron chi connectivity index (χ3n) is 4.85. The van der Waals surface area contributed by atoms with Crippen molar-refractivity contribution in [1.29, 1.82) is 0 Å². The van der Waals surface area contributed by atoms with Gasteiger partial charge in [0.05, 0.1) is 0 Å². The summed E-state index contributed by atoms with van der Waals surface area (Å²) in [6.45, 7) is 10.5. The Morgan fingerprint density at radius 1 is 1.35 bits per heavy atom. The number of piperazine rings is 1. The number of rotatable bonds is 3. The lowest BCUT2D eigenvalue weighted by atomic mass is 9.90. The molecule has 0 aromatic carbocycles. The number of carbonyl (C=O) groups excluding carboxylic acids is 2. The zero-order chi connectivity index (χ0) is 15.1. The Kier molecular flexibility index (Phi) is 4.12. The molecule has 0 bridgehead atoms. The van der Waals surface area contributed by atoms with Crippen molar-refractivity contribution in [2.75, 3.05) is 0 Å². The Hall–Kier alpha value is -1.06. The van der Waals surface area contributed by atoms with E-state index in [0.717, 1.165) is 19.3 Å². The minimum Gasteiger partial charge on any atom is -0.342 e. The van der Waals surface area contributed by atoms with Gasteiger partial charge in [0, 0.05) is 6.04 Å².